The highest BCUT2D eigenvalue weighted by atomic mass is 35.5. The number of ketones is 1. The Morgan fingerprint density at radius 1 is 1.00 bits per heavy atom. The number of hydrogen-bond acceptors (Lipinski definition) is 5. The number of carbonyl (C=O) groups excluding carboxylic acids is 1. The maximum atomic E-state index is 12.8. The molecule has 2 aromatic heterocycles. The van der Waals surface area contributed by atoms with Gasteiger partial charge in [0.15, 0.2) is 11.6 Å². The van der Waals surface area contributed by atoms with Gasteiger partial charge in [0.05, 0.1) is 21.7 Å². The molecular formula is C23H16ClN5O. The number of carbonyl (C=O) groups is 1. The first kappa shape index (κ1) is 18.3. The summed E-state index contributed by atoms with van der Waals surface area (Å²) in [5, 5.41) is 12.1. The van der Waals surface area contributed by atoms with Gasteiger partial charge in [-0.3, -0.25) is 9.20 Å². The zero-order valence-corrected chi connectivity index (χ0v) is 16.8. The lowest BCUT2D eigenvalue weighted by Gasteiger charge is -2.11. The van der Waals surface area contributed by atoms with Crippen LogP contribution in [0.4, 0.5) is 11.5 Å². The molecule has 3 aromatic carbocycles. The zero-order chi connectivity index (χ0) is 20.7. The van der Waals surface area contributed by atoms with Crippen LogP contribution in [0.25, 0.3) is 16.7 Å². The van der Waals surface area contributed by atoms with E-state index in [1.807, 2.05) is 59.9 Å². The molecule has 0 spiro atoms. The van der Waals surface area contributed by atoms with Crippen LogP contribution in [-0.4, -0.2) is 25.4 Å². The molecule has 0 saturated carbocycles. The molecule has 2 heterocycles. The molecule has 5 rings (SSSR count). The molecule has 1 N–H and O–H groups in total. The molecule has 30 heavy (non-hydrogen) atoms. The first-order valence-corrected chi connectivity index (χ1v) is 9.74. The van der Waals surface area contributed by atoms with Gasteiger partial charge in [0.1, 0.15) is 6.33 Å². The van der Waals surface area contributed by atoms with Gasteiger partial charge >= 0.3 is 0 Å². The van der Waals surface area contributed by atoms with E-state index >= 15 is 0 Å². The minimum absolute atomic E-state index is 0.0487. The Labute approximate surface area is 177 Å². The van der Waals surface area contributed by atoms with Gasteiger partial charge in [-0.25, -0.2) is 4.98 Å². The van der Waals surface area contributed by atoms with E-state index < -0.39 is 0 Å². The minimum atomic E-state index is -0.0487. The third kappa shape index (κ3) is 3.17. The SMILES string of the molecule is Cc1ccc(Nc2nc3ccc(C(=O)c4ccccc4)cc3n3cnnc23)c(Cl)c1. The van der Waals surface area contributed by atoms with Gasteiger partial charge in [-0.15, -0.1) is 10.2 Å². The first-order chi connectivity index (χ1) is 14.6. The molecule has 5 aromatic rings. The maximum absolute atomic E-state index is 12.8. The van der Waals surface area contributed by atoms with Crippen LogP contribution in [0.3, 0.4) is 0 Å². The van der Waals surface area contributed by atoms with Crippen molar-refractivity contribution < 1.29 is 4.79 Å². The van der Waals surface area contributed by atoms with Crippen molar-refractivity contribution in [3.8, 4) is 0 Å². The monoisotopic (exact) mass is 413 g/mol. The second-order valence-corrected chi connectivity index (χ2v) is 7.40. The van der Waals surface area contributed by atoms with Crippen molar-refractivity contribution in [3.63, 3.8) is 0 Å². The van der Waals surface area contributed by atoms with E-state index in [1.165, 1.54) is 0 Å². The predicted molar refractivity (Wildman–Crippen MR) is 118 cm³/mol. The second kappa shape index (κ2) is 7.24. The fraction of sp³-hybridized carbons (Fsp3) is 0.0435. The summed E-state index contributed by atoms with van der Waals surface area (Å²) >= 11 is 6.37. The van der Waals surface area contributed by atoms with Crippen LogP contribution in [0.5, 0.6) is 0 Å². The highest BCUT2D eigenvalue weighted by Crippen LogP contribution is 2.29. The molecule has 0 amide bonds. The standard InChI is InChI=1S/C23H16ClN5O/c1-14-7-9-18(17(24)11-14)26-22-23-28-25-13-29(23)20-12-16(8-10-19(20)27-22)21(30)15-5-3-2-4-6-15/h2-13H,1H3,(H,26,27). The van der Waals surface area contributed by atoms with Gasteiger partial charge in [-0.2, -0.15) is 0 Å². The normalized spacial score (nSPS) is 11.1. The van der Waals surface area contributed by atoms with E-state index in [1.54, 1.807) is 24.5 Å². The van der Waals surface area contributed by atoms with E-state index in [0.717, 1.165) is 16.8 Å². The van der Waals surface area contributed by atoms with Crippen LogP contribution < -0.4 is 5.32 Å². The molecule has 0 unspecified atom stereocenters. The van der Waals surface area contributed by atoms with E-state index in [0.29, 0.717) is 33.1 Å². The van der Waals surface area contributed by atoms with Gasteiger partial charge in [-0.1, -0.05) is 48.0 Å². The number of hydrogen-bond donors (Lipinski definition) is 1. The summed E-state index contributed by atoms with van der Waals surface area (Å²) in [6.45, 7) is 1.98. The minimum Gasteiger partial charge on any atom is -0.336 e. The van der Waals surface area contributed by atoms with Crippen molar-refractivity contribution in [2.24, 2.45) is 0 Å². The Morgan fingerprint density at radius 2 is 1.83 bits per heavy atom. The average Bonchev–Trinajstić information content (AvgIpc) is 3.26. The van der Waals surface area contributed by atoms with E-state index in [-0.39, 0.29) is 5.78 Å². The average molecular weight is 414 g/mol. The largest absolute Gasteiger partial charge is 0.336 e. The summed E-state index contributed by atoms with van der Waals surface area (Å²) in [5.41, 5.74) is 5.01. The summed E-state index contributed by atoms with van der Waals surface area (Å²) in [4.78, 5) is 17.6. The smallest absolute Gasteiger partial charge is 0.204 e. The highest BCUT2D eigenvalue weighted by molar-refractivity contribution is 6.33. The molecule has 0 aliphatic carbocycles. The molecule has 0 aliphatic rings. The Morgan fingerprint density at radius 3 is 2.63 bits per heavy atom. The number of nitrogens with one attached hydrogen (secondary N) is 1. The Kier molecular flexibility index (Phi) is 4.41. The third-order valence-electron chi connectivity index (χ3n) is 4.90. The quantitative estimate of drug-likeness (QED) is 0.409. The molecule has 0 radical (unpaired) electrons. The molecule has 0 aliphatic heterocycles. The van der Waals surface area contributed by atoms with Gasteiger partial charge in [-0.05, 0) is 42.8 Å². The van der Waals surface area contributed by atoms with Crippen LogP contribution in [-0.2, 0) is 0 Å². The van der Waals surface area contributed by atoms with Gasteiger partial charge in [0.2, 0.25) is 5.65 Å². The summed E-state index contributed by atoms with van der Waals surface area (Å²) in [7, 11) is 0. The zero-order valence-electron chi connectivity index (χ0n) is 16.0. The third-order valence-corrected chi connectivity index (χ3v) is 5.22. The number of aryl methyl sites for hydroxylation is 1. The first-order valence-electron chi connectivity index (χ1n) is 9.36. The molecule has 0 bridgehead atoms. The van der Waals surface area contributed by atoms with Gasteiger partial charge in [0, 0.05) is 11.1 Å². The van der Waals surface area contributed by atoms with Crippen molar-refractivity contribution in [2.75, 3.05) is 5.32 Å². The molecule has 0 fully saturated rings. The van der Waals surface area contributed by atoms with E-state index in [2.05, 4.69) is 15.5 Å². The molecule has 146 valence electrons. The van der Waals surface area contributed by atoms with Gasteiger partial charge in [0.25, 0.3) is 0 Å². The lowest BCUT2D eigenvalue weighted by Crippen LogP contribution is -2.04. The van der Waals surface area contributed by atoms with Crippen molar-refractivity contribution in [3.05, 3.63) is 94.8 Å². The Bertz CT molecular complexity index is 1410. The topological polar surface area (TPSA) is 72.2 Å². The molecule has 7 heteroatoms. The van der Waals surface area contributed by atoms with E-state index in [9.17, 15) is 4.79 Å². The van der Waals surface area contributed by atoms with Crippen LogP contribution in [0.2, 0.25) is 5.02 Å². The Hall–Kier alpha value is -3.77. The number of rotatable bonds is 4. The summed E-state index contributed by atoms with van der Waals surface area (Å²) in [5.74, 6) is 0.486. The lowest BCUT2D eigenvalue weighted by molar-refractivity contribution is 0.103. The number of anilines is 2. The van der Waals surface area contributed by atoms with Crippen molar-refractivity contribution >= 4 is 45.6 Å². The summed E-state index contributed by atoms with van der Waals surface area (Å²) in [6.07, 6.45) is 1.61. The van der Waals surface area contributed by atoms with Gasteiger partial charge < -0.3 is 5.32 Å². The van der Waals surface area contributed by atoms with Crippen LogP contribution in [0.1, 0.15) is 21.5 Å². The second-order valence-electron chi connectivity index (χ2n) is 6.99. The molecular weight excluding hydrogens is 398 g/mol. The van der Waals surface area contributed by atoms with Crippen LogP contribution in [0.15, 0.2) is 73.1 Å². The number of nitrogens with zero attached hydrogens (tertiary/aromatic N) is 4. The lowest BCUT2D eigenvalue weighted by atomic mass is 10.0. The summed E-state index contributed by atoms with van der Waals surface area (Å²) < 4.78 is 1.81. The maximum Gasteiger partial charge on any atom is 0.204 e. The van der Waals surface area contributed by atoms with E-state index in [4.69, 9.17) is 16.6 Å². The van der Waals surface area contributed by atoms with Crippen LogP contribution >= 0.6 is 11.6 Å². The van der Waals surface area contributed by atoms with Crippen molar-refractivity contribution in [1.29, 1.82) is 0 Å². The number of benzene rings is 3. The molecule has 0 saturated heterocycles. The highest BCUT2D eigenvalue weighted by Gasteiger charge is 2.15. The fourth-order valence-corrected chi connectivity index (χ4v) is 3.67. The van der Waals surface area contributed by atoms with Crippen LogP contribution in [0, 0.1) is 6.92 Å². The fourth-order valence-electron chi connectivity index (χ4n) is 3.38. The number of halogens is 1. The molecule has 6 nitrogen and oxygen atoms in total. The molecule has 0 atom stereocenters. The summed E-state index contributed by atoms with van der Waals surface area (Å²) in [6, 6.07) is 20.4. The number of fused-ring (bicyclic) bond motifs is 3. The van der Waals surface area contributed by atoms with Crippen molar-refractivity contribution in [1.82, 2.24) is 19.6 Å². The number of aromatic nitrogens is 4. The van der Waals surface area contributed by atoms with Crippen molar-refractivity contribution in [2.45, 2.75) is 6.92 Å². The predicted octanol–water partition coefficient (Wildman–Crippen LogP) is 5.21. The Balaban J connectivity index is 1.61.